The van der Waals surface area contributed by atoms with E-state index in [2.05, 4.69) is 0 Å². The van der Waals surface area contributed by atoms with Crippen LogP contribution in [0.1, 0.15) is 32.1 Å². The molecule has 0 atom stereocenters. The van der Waals surface area contributed by atoms with Gasteiger partial charge in [-0.3, -0.25) is 5.84 Å². The molecule has 1 saturated heterocycles. The second kappa shape index (κ2) is 2.21. The third-order valence-electron chi connectivity index (χ3n) is 3.11. The molecule has 2 N–H and O–H groups in total. The number of hydrogen-bond donors (Lipinski definition) is 1. The standard InChI is InChI=1S/C8H16N2/c9-10-6-2-5-8(7-10)3-1-4-8/h1-7,9H2. The molecule has 1 aliphatic carbocycles. The first kappa shape index (κ1) is 6.62. The number of hydrogen-bond acceptors (Lipinski definition) is 2. The van der Waals surface area contributed by atoms with Crippen molar-refractivity contribution in [2.75, 3.05) is 13.1 Å². The number of nitrogens with zero attached hydrogens (tertiary/aromatic N) is 1. The molecule has 10 heavy (non-hydrogen) atoms. The summed E-state index contributed by atoms with van der Waals surface area (Å²) in [5.41, 5.74) is 0.674. The van der Waals surface area contributed by atoms with Gasteiger partial charge in [0.05, 0.1) is 0 Å². The van der Waals surface area contributed by atoms with E-state index in [1.807, 2.05) is 5.01 Å². The number of rotatable bonds is 0. The van der Waals surface area contributed by atoms with Crippen molar-refractivity contribution in [1.82, 2.24) is 5.01 Å². The highest BCUT2D eigenvalue weighted by Crippen LogP contribution is 2.46. The van der Waals surface area contributed by atoms with E-state index in [1.54, 1.807) is 0 Å². The van der Waals surface area contributed by atoms with Crippen molar-refractivity contribution < 1.29 is 0 Å². The van der Waals surface area contributed by atoms with Gasteiger partial charge in [-0.1, -0.05) is 6.42 Å². The molecule has 0 unspecified atom stereocenters. The Morgan fingerprint density at radius 3 is 2.20 bits per heavy atom. The summed E-state index contributed by atoms with van der Waals surface area (Å²) in [4.78, 5) is 0. The van der Waals surface area contributed by atoms with Gasteiger partial charge in [0.1, 0.15) is 0 Å². The van der Waals surface area contributed by atoms with Crippen LogP contribution in [0.4, 0.5) is 0 Å². The maximum atomic E-state index is 5.75. The predicted molar refractivity (Wildman–Crippen MR) is 41.3 cm³/mol. The zero-order valence-corrected chi connectivity index (χ0v) is 6.47. The van der Waals surface area contributed by atoms with Crippen LogP contribution in [0.15, 0.2) is 0 Å². The first-order chi connectivity index (χ1) is 4.81. The summed E-state index contributed by atoms with van der Waals surface area (Å²) in [6.45, 7) is 2.27. The van der Waals surface area contributed by atoms with Crippen LogP contribution in [0, 0.1) is 5.41 Å². The molecule has 1 spiro atoms. The summed E-state index contributed by atoms with van der Waals surface area (Å²) in [5, 5.41) is 2.00. The molecule has 2 rings (SSSR count). The molecule has 58 valence electrons. The summed E-state index contributed by atoms with van der Waals surface area (Å²) < 4.78 is 0. The van der Waals surface area contributed by atoms with Crippen LogP contribution in [-0.2, 0) is 0 Å². The average molecular weight is 140 g/mol. The molecule has 2 fully saturated rings. The molecule has 1 saturated carbocycles. The Labute approximate surface area is 62.4 Å². The first-order valence-corrected chi connectivity index (χ1v) is 4.30. The quantitative estimate of drug-likeness (QED) is 0.511. The third kappa shape index (κ3) is 0.956. The van der Waals surface area contributed by atoms with Crippen LogP contribution in [0.3, 0.4) is 0 Å². The minimum atomic E-state index is 0.674. The Bertz CT molecular complexity index is 129. The third-order valence-corrected chi connectivity index (χ3v) is 3.11. The van der Waals surface area contributed by atoms with E-state index < -0.39 is 0 Å². The largest absolute Gasteiger partial charge is 0.269 e. The molecule has 0 amide bonds. The summed E-state index contributed by atoms with van der Waals surface area (Å²) in [6, 6.07) is 0. The van der Waals surface area contributed by atoms with Crippen molar-refractivity contribution >= 4 is 0 Å². The van der Waals surface area contributed by atoms with Crippen molar-refractivity contribution in [2.45, 2.75) is 32.1 Å². The van der Waals surface area contributed by atoms with Crippen molar-refractivity contribution in [2.24, 2.45) is 11.3 Å². The van der Waals surface area contributed by atoms with Crippen LogP contribution >= 0.6 is 0 Å². The van der Waals surface area contributed by atoms with E-state index in [0.29, 0.717) is 5.41 Å². The number of hydrazine groups is 1. The highest BCUT2D eigenvalue weighted by atomic mass is 15.4. The van der Waals surface area contributed by atoms with Crippen LogP contribution in [-0.4, -0.2) is 18.1 Å². The zero-order valence-electron chi connectivity index (χ0n) is 6.47. The Hall–Kier alpha value is -0.0800. The lowest BCUT2D eigenvalue weighted by molar-refractivity contribution is 0.0201. The van der Waals surface area contributed by atoms with Gasteiger partial charge in [-0.05, 0) is 31.1 Å². The van der Waals surface area contributed by atoms with Gasteiger partial charge in [0.15, 0.2) is 0 Å². The molecular formula is C8H16N2. The molecule has 0 aromatic heterocycles. The monoisotopic (exact) mass is 140 g/mol. The lowest BCUT2D eigenvalue weighted by atomic mass is 9.65. The zero-order chi connectivity index (χ0) is 7.03. The van der Waals surface area contributed by atoms with Crippen molar-refractivity contribution in [3.63, 3.8) is 0 Å². The van der Waals surface area contributed by atoms with Crippen LogP contribution in [0.2, 0.25) is 0 Å². The molecule has 0 radical (unpaired) electrons. The van der Waals surface area contributed by atoms with E-state index in [1.165, 1.54) is 32.1 Å². The molecular weight excluding hydrogens is 124 g/mol. The Morgan fingerprint density at radius 1 is 1.10 bits per heavy atom. The smallest absolute Gasteiger partial charge is 0.0185 e. The SMILES string of the molecule is NN1CCCC2(CCC2)C1. The number of nitrogens with two attached hydrogens (primary N) is 1. The van der Waals surface area contributed by atoms with E-state index in [4.69, 9.17) is 5.84 Å². The van der Waals surface area contributed by atoms with E-state index >= 15 is 0 Å². The molecule has 2 heteroatoms. The van der Waals surface area contributed by atoms with Gasteiger partial charge >= 0.3 is 0 Å². The van der Waals surface area contributed by atoms with E-state index in [9.17, 15) is 0 Å². The summed E-state index contributed by atoms with van der Waals surface area (Å²) in [7, 11) is 0. The van der Waals surface area contributed by atoms with Crippen molar-refractivity contribution in [1.29, 1.82) is 0 Å². The van der Waals surface area contributed by atoms with Crippen LogP contribution < -0.4 is 5.84 Å². The Morgan fingerprint density at radius 2 is 1.80 bits per heavy atom. The van der Waals surface area contributed by atoms with Gasteiger partial charge in [0.25, 0.3) is 0 Å². The summed E-state index contributed by atoms with van der Waals surface area (Å²) >= 11 is 0. The Balaban J connectivity index is 1.96. The van der Waals surface area contributed by atoms with Crippen molar-refractivity contribution in [3.8, 4) is 0 Å². The second-order valence-electron chi connectivity index (χ2n) is 3.93. The fourth-order valence-corrected chi connectivity index (χ4v) is 2.33. The predicted octanol–water partition coefficient (Wildman–Crippen LogP) is 1.13. The number of piperidine rings is 1. The molecule has 0 aromatic carbocycles. The minimum Gasteiger partial charge on any atom is -0.269 e. The van der Waals surface area contributed by atoms with Gasteiger partial charge in [0.2, 0.25) is 0 Å². The maximum Gasteiger partial charge on any atom is 0.0185 e. The fraction of sp³-hybridized carbons (Fsp3) is 1.00. The lowest BCUT2D eigenvalue weighted by Gasteiger charge is -2.47. The summed E-state index contributed by atoms with van der Waals surface area (Å²) in [5.74, 6) is 5.75. The normalized spacial score (nSPS) is 32.1. The highest BCUT2D eigenvalue weighted by molar-refractivity contribution is 4.91. The van der Waals surface area contributed by atoms with Gasteiger partial charge < -0.3 is 0 Å². The average Bonchev–Trinajstić information content (AvgIpc) is 1.85. The van der Waals surface area contributed by atoms with E-state index in [-0.39, 0.29) is 0 Å². The second-order valence-corrected chi connectivity index (χ2v) is 3.93. The van der Waals surface area contributed by atoms with Gasteiger partial charge in [-0.15, -0.1) is 0 Å². The molecule has 2 aliphatic rings. The Kier molecular flexibility index (Phi) is 1.46. The highest BCUT2D eigenvalue weighted by Gasteiger charge is 2.39. The minimum absolute atomic E-state index is 0.674. The molecule has 1 heterocycles. The van der Waals surface area contributed by atoms with Crippen molar-refractivity contribution in [3.05, 3.63) is 0 Å². The summed E-state index contributed by atoms with van der Waals surface area (Å²) in [6.07, 6.45) is 7.05. The maximum absolute atomic E-state index is 5.75. The van der Waals surface area contributed by atoms with Crippen LogP contribution in [0.5, 0.6) is 0 Å². The fourth-order valence-electron chi connectivity index (χ4n) is 2.33. The molecule has 0 bridgehead atoms. The van der Waals surface area contributed by atoms with Gasteiger partial charge in [-0.2, -0.15) is 0 Å². The first-order valence-electron chi connectivity index (χ1n) is 4.30. The molecule has 0 aromatic rings. The van der Waals surface area contributed by atoms with E-state index in [0.717, 1.165) is 13.1 Å². The molecule has 1 aliphatic heterocycles. The topological polar surface area (TPSA) is 29.3 Å². The van der Waals surface area contributed by atoms with Gasteiger partial charge in [-0.25, -0.2) is 5.01 Å². The van der Waals surface area contributed by atoms with Crippen LogP contribution in [0.25, 0.3) is 0 Å². The lowest BCUT2D eigenvalue weighted by Crippen LogP contribution is -2.49. The van der Waals surface area contributed by atoms with Gasteiger partial charge in [0, 0.05) is 13.1 Å². The molecule has 2 nitrogen and oxygen atoms in total.